The van der Waals surface area contributed by atoms with Gasteiger partial charge in [0.15, 0.2) is 11.5 Å². The van der Waals surface area contributed by atoms with Crippen molar-refractivity contribution in [3.05, 3.63) is 32.2 Å². The van der Waals surface area contributed by atoms with Gasteiger partial charge < -0.3 is 19.3 Å². The molecule has 0 aromatic heterocycles. The molecule has 1 aromatic rings. The number of rotatable bonds is 2. The van der Waals surface area contributed by atoms with Crippen LogP contribution in [0.1, 0.15) is 24.3 Å². The summed E-state index contributed by atoms with van der Waals surface area (Å²) in [4.78, 5) is 79.3. The highest BCUT2D eigenvalue weighted by molar-refractivity contribution is 9.13. The van der Waals surface area contributed by atoms with E-state index in [1.807, 2.05) is 0 Å². The first-order valence-electron chi connectivity index (χ1n) is 11.9. The smallest absolute Gasteiger partial charge is 0.423 e. The first kappa shape index (κ1) is 27.3. The van der Waals surface area contributed by atoms with Crippen LogP contribution < -0.4 is 4.74 Å². The summed E-state index contributed by atoms with van der Waals surface area (Å²) in [5.74, 6) is -8.54. The standard InChI is InChI=1S/C25H22Br2N2O10/c1-37-13-7-11(17(26)18(27)19(13)30)14-8-4-5-9-15(22(33)28(20(9)31)24(35)38-2)10(8)6-12-16(14)23(34)29(21(12)32)25(36)39-3/h4,7,9-10,12,14-16,30H,5-6H2,1-3H3/t9-,10+,12+,14+,15-,16+/m0/s1. The van der Waals surface area contributed by atoms with Gasteiger partial charge in [0.1, 0.15) is 0 Å². The lowest BCUT2D eigenvalue weighted by Gasteiger charge is -2.44. The third-order valence-electron chi connectivity index (χ3n) is 8.09. The Morgan fingerprint density at radius 1 is 0.846 bits per heavy atom. The maximum Gasteiger partial charge on any atom is 0.423 e. The van der Waals surface area contributed by atoms with Crippen molar-refractivity contribution in [2.75, 3.05) is 21.3 Å². The fourth-order valence-electron chi connectivity index (χ4n) is 6.47. The van der Waals surface area contributed by atoms with Crippen molar-refractivity contribution < 1.29 is 48.1 Å². The summed E-state index contributed by atoms with van der Waals surface area (Å²) in [6.45, 7) is 0. The molecular formula is C25H22Br2N2O10. The molecule has 14 heteroatoms. The summed E-state index contributed by atoms with van der Waals surface area (Å²) in [5, 5.41) is 10.5. The number of ether oxygens (including phenoxy) is 3. The summed E-state index contributed by atoms with van der Waals surface area (Å²) < 4.78 is 15.3. The second-order valence-electron chi connectivity index (χ2n) is 9.63. The molecule has 3 fully saturated rings. The quantitative estimate of drug-likeness (QED) is 0.367. The lowest BCUT2D eigenvalue weighted by Crippen LogP contribution is -2.43. The number of fused-ring (bicyclic) bond motifs is 4. The first-order valence-corrected chi connectivity index (χ1v) is 13.4. The molecule has 6 atom stereocenters. The predicted molar refractivity (Wildman–Crippen MR) is 136 cm³/mol. The first-order chi connectivity index (χ1) is 18.5. The fourth-order valence-corrected chi connectivity index (χ4v) is 7.45. The zero-order chi connectivity index (χ0) is 28.5. The van der Waals surface area contributed by atoms with Gasteiger partial charge in [0.25, 0.3) is 0 Å². The van der Waals surface area contributed by atoms with Crippen LogP contribution in [0.25, 0.3) is 0 Å². The number of carbonyl (C=O) groups excluding carboxylic acids is 6. The van der Waals surface area contributed by atoms with Crippen molar-refractivity contribution in [2.24, 2.45) is 29.6 Å². The summed E-state index contributed by atoms with van der Waals surface area (Å²) >= 11 is 6.80. The molecule has 12 nitrogen and oxygen atoms in total. The second-order valence-corrected chi connectivity index (χ2v) is 11.2. The van der Waals surface area contributed by atoms with Gasteiger partial charge in [-0.05, 0) is 62.2 Å². The summed E-state index contributed by atoms with van der Waals surface area (Å²) in [7, 11) is 3.47. The van der Waals surface area contributed by atoms with Crippen LogP contribution in [0.4, 0.5) is 9.59 Å². The van der Waals surface area contributed by atoms with Gasteiger partial charge in [-0.15, -0.1) is 0 Å². The van der Waals surface area contributed by atoms with Crippen molar-refractivity contribution in [1.82, 2.24) is 9.80 Å². The number of carbonyl (C=O) groups is 6. The highest BCUT2D eigenvalue weighted by Gasteiger charge is 2.64. The average Bonchev–Trinajstić information content (AvgIpc) is 3.34. The van der Waals surface area contributed by atoms with Gasteiger partial charge in [-0.25, -0.2) is 9.59 Å². The number of benzene rings is 1. The number of hydrogen-bond donors (Lipinski definition) is 1. The Bertz CT molecular complexity index is 1390. The third-order valence-corrected chi connectivity index (χ3v) is 10.3. The monoisotopic (exact) mass is 668 g/mol. The van der Waals surface area contributed by atoms with Gasteiger partial charge in [0.2, 0.25) is 23.6 Å². The number of hydrogen-bond acceptors (Lipinski definition) is 10. The van der Waals surface area contributed by atoms with E-state index >= 15 is 0 Å². The number of halogens is 2. The van der Waals surface area contributed by atoms with Crippen molar-refractivity contribution >= 4 is 67.7 Å². The molecule has 0 spiro atoms. The van der Waals surface area contributed by atoms with Gasteiger partial charge in [-0.1, -0.05) is 11.6 Å². The van der Waals surface area contributed by atoms with E-state index in [-0.39, 0.29) is 28.8 Å². The van der Waals surface area contributed by atoms with Crippen molar-refractivity contribution in [3.63, 3.8) is 0 Å². The molecule has 1 N–H and O–H groups in total. The van der Waals surface area contributed by atoms with E-state index in [4.69, 9.17) is 9.47 Å². The highest BCUT2D eigenvalue weighted by atomic mass is 79.9. The maximum atomic E-state index is 13.6. The molecule has 1 aromatic carbocycles. The van der Waals surface area contributed by atoms with Crippen molar-refractivity contribution in [2.45, 2.75) is 18.8 Å². The van der Waals surface area contributed by atoms with E-state index < -0.39 is 71.3 Å². The SMILES string of the molecule is COC(=O)N1C(=O)[C@H]2[C@H](CC=C3[C@H]2C[C@H]2C(=O)N(C(=O)OC)C(=O)[C@H]2[C@H]3c2cc(OC)c(O)c(Br)c2Br)C1=O. The zero-order valence-corrected chi connectivity index (χ0v) is 24.0. The Kier molecular flexibility index (Phi) is 6.82. The van der Waals surface area contributed by atoms with Crippen LogP contribution in [0.2, 0.25) is 0 Å². The number of likely N-dealkylation sites (tertiary alicyclic amines) is 2. The van der Waals surface area contributed by atoms with Crippen LogP contribution >= 0.6 is 31.9 Å². The molecule has 206 valence electrons. The van der Waals surface area contributed by atoms with E-state index in [1.54, 1.807) is 6.08 Å². The van der Waals surface area contributed by atoms with Gasteiger partial charge in [0.05, 0.1) is 49.5 Å². The Morgan fingerprint density at radius 2 is 1.41 bits per heavy atom. The Hall–Kier alpha value is -3.26. The molecule has 5 rings (SSSR count). The van der Waals surface area contributed by atoms with E-state index in [0.29, 0.717) is 25.4 Å². The Labute approximate surface area is 238 Å². The van der Waals surface area contributed by atoms with E-state index in [9.17, 15) is 33.9 Å². The predicted octanol–water partition coefficient (Wildman–Crippen LogP) is 3.09. The van der Waals surface area contributed by atoms with E-state index in [2.05, 4.69) is 36.6 Å². The Morgan fingerprint density at radius 3 is 1.97 bits per heavy atom. The van der Waals surface area contributed by atoms with Gasteiger partial charge >= 0.3 is 12.2 Å². The number of imide groups is 6. The molecule has 0 radical (unpaired) electrons. The van der Waals surface area contributed by atoms with Crippen LogP contribution in [0.5, 0.6) is 11.5 Å². The number of nitrogens with zero attached hydrogens (tertiary/aromatic N) is 2. The lowest BCUT2D eigenvalue weighted by molar-refractivity contribution is -0.139. The van der Waals surface area contributed by atoms with E-state index in [0.717, 1.165) is 14.2 Å². The molecule has 2 aliphatic carbocycles. The van der Waals surface area contributed by atoms with Crippen LogP contribution in [0.15, 0.2) is 26.7 Å². The number of phenolic OH excluding ortho intramolecular Hbond substituents is 1. The molecule has 2 saturated heterocycles. The topological polar surface area (TPSA) is 157 Å². The molecular weight excluding hydrogens is 648 g/mol. The average molecular weight is 670 g/mol. The number of phenols is 1. The van der Waals surface area contributed by atoms with Crippen molar-refractivity contribution in [1.29, 1.82) is 0 Å². The number of methoxy groups -OCH3 is 3. The normalized spacial score (nSPS) is 29.5. The third kappa shape index (κ3) is 3.74. The maximum absolute atomic E-state index is 13.6. The van der Waals surface area contributed by atoms with Crippen LogP contribution in [-0.2, 0) is 28.7 Å². The highest BCUT2D eigenvalue weighted by Crippen LogP contribution is 2.60. The minimum absolute atomic E-state index is 0.00568. The Balaban J connectivity index is 1.70. The number of aromatic hydroxyl groups is 1. The summed E-state index contributed by atoms with van der Waals surface area (Å²) in [6.07, 6.45) is -0.351. The molecule has 0 unspecified atom stereocenters. The molecule has 6 amide bonds. The molecule has 4 aliphatic rings. The summed E-state index contributed by atoms with van der Waals surface area (Å²) in [5.41, 5.74) is 1.06. The minimum Gasteiger partial charge on any atom is -0.503 e. The number of allylic oxidation sites excluding steroid dienone is 2. The largest absolute Gasteiger partial charge is 0.503 e. The lowest BCUT2D eigenvalue weighted by atomic mass is 9.57. The molecule has 1 saturated carbocycles. The fraction of sp³-hybridized carbons (Fsp3) is 0.440. The zero-order valence-electron chi connectivity index (χ0n) is 20.8. The molecule has 2 aliphatic heterocycles. The summed E-state index contributed by atoms with van der Waals surface area (Å²) in [6, 6.07) is 1.52. The van der Waals surface area contributed by atoms with Crippen LogP contribution in [0, 0.1) is 29.6 Å². The minimum atomic E-state index is -1.12. The second kappa shape index (κ2) is 9.73. The molecule has 2 heterocycles. The number of amides is 6. The van der Waals surface area contributed by atoms with Gasteiger partial charge in [-0.2, -0.15) is 9.80 Å². The molecule has 0 bridgehead atoms. The van der Waals surface area contributed by atoms with Crippen LogP contribution in [0.3, 0.4) is 0 Å². The molecule has 39 heavy (non-hydrogen) atoms. The van der Waals surface area contributed by atoms with Gasteiger partial charge in [-0.3, -0.25) is 19.2 Å². The van der Waals surface area contributed by atoms with Gasteiger partial charge in [0, 0.05) is 10.4 Å². The van der Waals surface area contributed by atoms with E-state index in [1.165, 1.54) is 13.2 Å². The van der Waals surface area contributed by atoms with Crippen LogP contribution in [-0.4, -0.2) is 72.1 Å². The van der Waals surface area contributed by atoms with Crippen molar-refractivity contribution in [3.8, 4) is 11.5 Å².